The summed E-state index contributed by atoms with van der Waals surface area (Å²) < 4.78 is 0. The zero-order valence-electron chi connectivity index (χ0n) is 12.2. The largest absolute Gasteiger partial charge is 0.313 e. The molecule has 2 saturated heterocycles. The number of nitrogens with zero attached hydrogens (tertiary/aromatic N) is 2. The maximum absolute atomic E-state index is 5.36. The average molecular weight is 263 g/mol. The summed E-state index contributed by atoms with van der Waals surface area (Å²) in [6.07, 6.45) is 13.5. The monoisotopic (exact) mass is 263 g/mol. The van der Waals surface area contributed by atoms with Gasteiger partial charge in [-0.05, 0) is 38.8 Å². The summed E-state index contributed by atoms with van der Waals surface area (Å²) in [6, 6.07) is 0.709. The molecular weight excluding hydrogens is 234 g/mol. The second-order valence-electron chi connectivity index (χ2n) is 5.96. The molecule has 2 fully saturated rings. The Morgan fingerprint density at radius 2 is 1.63 bits per heavy atom. The molecule has 0 unspecified atom stereocenters. The lowest BCUT2D eigenvalue weighted by Crippen LogP contribution is -2.44. The van der Waals surface area contributed by atoms with Gasteiger partial charge in [-0.15, -0.1) is 6.42 Å². The van der Waals surface area contributed by atoms with Crippen LogP contribution >= 0.6 is 0 Å². The van der Waals surface area contributed by atoms with E-state index in [4.69, 9.17) is 6.42 Å². The third kappa shape index (κ3) is 5.52. The van der Waals surface area contributed by atoms with E-state index in [1.54, 1.807) is 0 Å². The predicted octanol–water partition coefficient (Wildman–Crippen LogP) is 1.55. The highest BCUT2D eigenvalue weighted by Gasteiger charge is 2.18. The molecule has 108 valence electrons. The summed E-state index contributed by atoms with van der Waals surface area (Å²) >= 11 is 0. The van der Waals surface area contributed by atoms with Crippen molar-refractivity contribution in [2.75, 3.05) is 45.8 Å². The van der Waals surface area contributed by atoms with Crippen LogP contribution in [0.1, 0.15) is 38.5 Å². The maximum Gasteiger partial charge on any atom is 0.0598 e. The number of nitrogens with one attached hydrogen (secondary N) is 1. The fraction of sp³-hybridized carbons (Fsp3) is 0.875. The molecule has 0 aromatic heterocycles. The highest BCUT2D eigenvalue weighted by atomic mass is 15.2. The van der Waals surface area contributed by atoms with Gasteiger partial charge in [-0.25, -0.2) is 0 Å². The van der Waals surface area contributed by atoms with Crippen molar-refractivity contribution in [1.29, 1.82) is 0 Å². The summed E-state index contributed by atoms with van der Waals surface area (Å²) in [5.74, 6) is 2.74. The first-order valence-electron chi connectivity index (χ1n) is 8.00. The van der Waals surface area contributed by atoms with Crippen molar-refractivity contribution < 1.29 is 0 Å². The zero-order chi connectivity index (χ0) is 13.3. The molecule has 2 rings (SSSR count). The molecule has 3 heteroatoms. The lowest BCUT2D eigenvalue weighted by Gasteiger charge is -2.31. The van der Waals surface area contributed by atoms with Crippen molar-refractivity contribution in [2.45, 2.75) is 44.6 Å². The van der Waals surface area contributed by atoms with E-state index in [2.05, 4.69) is 21.0 Å². The SMILES string of the molecule is C#CCN1CCC(NCCN2CCCCCC2)CC1. The second-order valence-corrected chi connectivity index (χ2v) is 5.96. The molecule has 0 amide bonds. The van der Waals surface area contributed by atoms with Gasteiger partial charge in [-0.1, -0.05) is 18.8 Å². The molecule has 0 saturated carbocycles. The van der Waals surface area contributed by atoms with Gasteiger partial charge in [-0.2, -0.15) is 0 Å². The van der Waals surface area contributed by atoms with Crippen molar-refractivity contribution in [2.24, 2.45) is 0 Å². The number of rotatable bonds is 5. The van der Waals surface area contributed by atoms with Crippen LogP contribution in [0.2, 0.25) is 0 Å². The smallest absolute Gasteiger partial charge is 0.0598 e. The van der Waals surface area contributed by atoms with E-state index < -0.39 is 0 Å². The van der Waals surface area contributed by atoms with Gasteiger partial charge in [0.25, 0.3) is 0 Å². The molecule has 19 heavy (non-hydrogen) atoms. The minimum absolute atomic E-state index is 0.709. The summed E-state index contributed by atoms with van der Waals surface area (Å²) in [5.41, 5.74) is 0. The molecule has 0 aromatic rings. The number of terminal acetylenes is 1. The quantitative estimate of drug-likeness (QED) is 0.759. The van der Waals surface area contributed by atoms with E-state index in [9.17, 15) is 0 Å². The average Bonchev–Trinajstić information content (AvgIpc) is 2.70. The predicted molar refractivity (Wildman–Crippen MR) is 81.2 cm³/mol. The van der Waals surface area contributed by atoms with Gasteiger partial charge in [0.05, 0.1) is 6.54 Å². The molecule has 0 aromatic carbocycles. The highest BCUT2D eigenvalue weighted by molar-refractivity contribution is 4.90. The van der Waals surface area contributed by atoms with Crippen LogP contribution in [0.4, 0.5) is 0 Å². The van der Waals surface area contributed by atoms with Crippen LogP contribution in [-0.2, 0) is 0 Å². The maximum atomic E-state index is 5.36. The minimum atomic E-state index is 0.709. The lowest BCUT2D eigenvalue weighted by molar-refractivity contribution is 0.210. The van der Waals surface area contributed by atoms with Crippen molar-refractivity contribution in [3.63, 3.8) is 0 Å². The Kier molecular flexibility index (Phi) is 6.70. The van der Waals surface area contributed by atoms with Crippen LogP contribution in [0.25, 0.3) is 0 Å². The number of hydrogen-bond donors (Lipinski definition) is 1. The molecule has 1 N–H and O–H groups in total. The van der Waals surface area contributed by atoms with Crippen LogP contribution < -0.4 is 5.32 Å². The van der Waals surface area contributed by atoms with Gasteiger partial charge in [0.1, 0.15) is 0 Å². The van der Waals surface area contributed by atoms with Crippen LogP contribution in [-0.4, -0.2) is 61.7 Å². The van der Waals surface area contributed by atoms with Gasteiger partial charge in [0.15, 0.2) is 0 Å². The molecule has 2 heterocycles. The molecular formula is C16H29N3. The van der Waals surface area contributed by atoms with Gasteiger partial charge < -0.3 is 10.2 Å². The molecule has 3 nitrogen and oxygen atoms in total. The Labute approximate surface area is 118 Å². The molecule has 2 aliphatic heterocycles. The Hall–Kier alpha value is -0.560. The summed E-state index contributed by atoms with van der Waals surface area (Å²) in [6.45, 7) is 8.13. The van der Waals surface area contributed by atoms with Crippen molar-refractivity contribution >= 4 is 0 Å². The standard InChI is InChI=1S/C16H29N3/c1-2-10-18-13-7-16(8-14-18)17-9-15-19-11-5-3-4-6-12-19/h1,16-17H,3-15H2. The highest BCUT2D eigenvalue weighted by Crippen LogP contribution is 2.11. The molecule has 0 radical (unpaired) electrons. The van der Waals surface area contributed by atoms with Gasteiger partial charge >= 0.3 is 0 Å². The van der Waals surface area contributed by atoms with Crippen LogP contribution in [0, 0.1) is 12.3 Å². The van der Waals surface area contributed by atoms with E-state index in [0.717, 1.165) is 26.2 Å². The zero-order valence-corrected chi connectivity index (χ0v) is 12.2. The lowest BCUT2D eigenvalue weighted by atomic mass is 10.1. The Bertz CT molecular complexity index is 268. The van der Waals surface area contributed by atoms with Crippen molar-refractivity contribution in [3.05, 3.63) is 0 Å². The van der Waals surface area contributed by atoms with E-state index in [1.807, 2.05) is 0 Å². The number of hydrogen-bond acceptors (Lipinski definition) is 3. The fourth-order valence-corrected chi connectivity index (χ4v) is 3.21. The third-order valence-electron chi connectivity index (χ3n) is 4.46. The van der Waals surface area contributed by atoms with E-state index in [0.29, 0.717) is 6.04 Å². The van der Waals surface area contributed by atoms with E-state index in [-0.39, 0.29) is 0 Å². The first-order chi connectivity index (χ1) is 9.38. The third-order valence-corrected chi connectivity index (χ3v) is 4.46. The first-order valence-corrected chi connectivity index (χ1v) is 8.00. The number of likely N-dealkylation sites (tertiary alicyclic amines) is 2. The molecule has 0 spiro atoms. The van der Waals surface area contributed by atoms with Crippen molar-refractivity contribution in [3.8, 4) is 12.3 Å². The minimum Gasteiger partial charge on any atom is -0.313 e. The topological polar surface area (TPSA) is 18.5 Å². The van der Waals surface area contributed by atoms with Gasteiger partial charge in [0.2, 0.25) is 0 Å². The normalized spacial score (nSPS) is 23.9. The Morgan fingerprint density at radius 3 is 2.26 bits per heavy atom. The molecule has 0 aliphatic carbocycles. The van der Waals surface area contributed by atoms with E-state index in [1.165, 1.54) is 58.2 Å². The second kappa shape index (κ2) is 8.58. The summed E-state index contributed by atoms with van der Waals surface area (Å²) in [4.78, 5) is 5.01. The Morgan fingerprint density at radius 1 is 0.947 bits per heavy atom. The fourth-order valence-electron chi connectivity index (χ4n) is 3.21. The van der Waals surface area contributed by atoms with Crippen LogP contribution in [0.15, 0.2) is 0 Å². The van der Waals surface area contributed by atoms with Gasteiger partial charge in [0, 0.05) is 32.2 Å². The van der Waals surface area contributed by atoms with Crippen molar-refractivity contribution in [1.82, 2.24) is 15.1 Å². The summed E-state index contributed by atoms with van der Waals surface area (Å²) in [7, 11) is 0. The van der Waals surface area contributed by atoms with Crippen LogP contribution in [0.3, 0.4) is 0 Å². The van der Waals surface area contributed by atoms with Crippen LogP contribution in [0.5, 0.6) is 0 Å². The van der Waals surface area contributed by atoms with E-state index >= 15 is 0 Å². The Balaban J connectivity index is 1.55. The molecule has 0 atom stereocenters. The first kappa shape index (κ1) is 14.8. The molecule has 2 aliphatic rings. The molecule has 0 bridgehead atoms. The number of piperidine rings is 1. The van der Waals surface area contributed by atoms with Gasteiger partial charge in [-0.3, -0.25) is 4.90 Å². The summed E-state index contributed by atoms with van der Waals surface area (Å²) in [5, 5.41) is 3.73.